The summed E-state index contributed by atoms with van der Waals surface area (Å²) in [6.07, 6.45) is 0.702. The van der Waals surface area contributed by atoms with E-state index in [1.54, 1.807) is 43.5 Å². The molecule has 1 fully saturated rings. The van der Waals surface area contributed by atoms with E-state index in [4.69, 9.17) is 16.3 Å². The number of aliphatic hydroxyl groups is 1. The first-order chi connectivity index (χ1) is 14.3. The van der Waals surface area contributed by atoms with Crippen molar-refractivity contribution < 1.29 is 19.4 Å². The maximum Gasteiger partial charge on any atom is 0.295 e. The molecule has 1 unspecified atom stereocenters. The second-order valence-corrected chi connectivity index (χ2v) is 7.87. The molecule has 1 N–H and O–H groups in total. The number of halogens is 1. The highest BCUT2D eigenvalue weighted by molar-refractivity contribution is 6.46. The lowest BCUT2D eigenvalue weighted by molar-refractivity contribution is -0.139. The zero-order valence-electron chi connectivity index (χ0n) is 17.3. The van der Waals surface area contributed by atoms with Crippen molar-refractivity contribution in [2.75, 3.05) is 34.3 Å². The fraction of sp³-hybridized carbons (Fsp3) is 0.304. The molecule has 0 radical (unpaired) electrons. The van der Waals surface area contributed by atoms with Gasteiger partial charge in [0.25, 0.3) is 11.7 Å². The number of aliphatic hydroxyl groups excluding tert-OH is 1. The molecule has 1 aliphatic rings. The Morgan fingerprint density at radius 3 is 2.30 bits per heavy atom. The van der Waals surface area contributed by atoms with E-state index in [0.29, 0.717) is 29.3 Å². The zero-order chi connectivity index (χ0) is 21.8. The van der Waals surface area contributed by atoms with E-state index in [1.807, 2.05) is 31.1 Å². The number of ketones is 1. The normalized spacial score (nSPS) is 18.3. The highest BCUT2D eigenvalue weighted by Crippen LogP contribution is 2.40. The van der Waals surface area contributed by atoms with Crippen LogP contribution in [0.4, 0.5) is 0 Å². The van der Waals surface area contributed by atoms with Crippen molar-refractivity contribution in [3.05, 3.63) is 70.3 Å². The zero-order valence-corrected chi connectivity index (χ0v) is 18.0. The summed E-state index contributed by atoms with van der Waals surface area (Å²) in [4.78, 5) is 29.3. The molecule has 30 heavy (non-hydrogen) atoms. The first-order valence-electron chi connectivity index (χ1n) is 9.66. The molecule has 6 nitrogen and oxygen atoms in total. The molecule has 1 heterocycles. The molecule has 7 heteroatoms. The predicted molar refractivity (Wildman–Crippen MR) is 117 cm³/mol. The minimum atomic E-state index is -0.687. The monoisotopic (exact) mass is 428 g/mol. The number of nitrogens with zero attached hydrogens (tertiary/aromatic N) is 2. The summed E-state index contributed by atoms with van der Waals surface area (Å²) >= 11 is 5.94. The fourth-order valence-corrected chi connectivity index (χ4v) is 3.69. The number of carbonyl (C=O) groups excluding carboxylic acids is 2. The molecular weight excluding hydrogens is 404 g/mol. The van der Waals surface area contributed by atoms with Gasteiger partial charge in [-0.05, 0) is 69.0 Å². The van der Waals surface area contributed by atoms with Crippen molar-refractivity contribution in [2.45, 2.75) is 12.5 Å². The molecule has 0 bridgehead atoms. The topological polar surface area (TPSA) is 70.1 Å². The maximum atomic E-state index is 12.9. The van der Waals surface area contributed by atoms with E-state index in [0.717, 1.165) is 12.1 Å². The lowest BCUT2D eigenvalue weighted by Crippen LogP contribution is -2.32. The fourth-order valence-electron chi connectivity index (χ4n) is 3.56. The second kappa shape index (κ2) is 9.32. The third-order valence-electron chi connectivity index (χ3n) is 5.09. The van der Waals surface area contributed by atoms with Crippen LogP contribution in [0.2, 0.25) is 5.02 Å². The van der Waals surface area contributed by atoms with Crippen molar-refractivity contribution in [2.24, 2.45) is 0 Å². The third kappa shape index (κ3) is 4.50. The third-order valence-corrected chi connectivity index (χ3v) is 5.35. The van der Waals surface area contributed by atoms with Gasteiger partial charge in [-0.2, -0.15) is 0 Å². The molecule has 3 rings (SSSR count). The summed E-state index contributed by atoms with van der Waals surface area (Å²) in [7, 11) is 5.48. The van der Waals surface area contributed by atoms with Gasteiger partial charge in [0.05, 0.1) is 18.7 Å². The molecule has 0 aromatic heterocycles. The van der Waals surface area contributed by atoms with Gasteiger partial charge < -0.3 is 19.6 Å². The average Bonchev–Trinajstić information content (AvgIpc) is 2.98. The van der Waals surface area contributed by atoms with Crippen molar-refractivity contribution in [1.82, 2.24) is 9.80 Å². The smallest absolute Gasteiger partial charge is 0.295 e. The van der Waals surface area contributed by atoms with Gasteiger partial charge in [-0.1, -0.05) is 23.7 Å². The quantitative estimate of drug-likeness (QED) is 0.413. The van der Waals surface area contributed by atoms with Crippen molar-refractivity contribution in [1.29, 1.82) is 0 Å². The van der Waals surface area contributed by atoms with Crippen LogP contribution in [0, 0.1) is 0 Å². The van der Waals surface area contributed by atoms with Gasteiger partial charge in [0, 0.05) is 17.1 Å². The van der Waals surface area contributed by atoms with Crippen LogP contribution in [0.15, 0.2) is 54.1 Å². The van der Waals surface area contributed by atoms with E-state index in [1.165, 1.54) is 4.90 Å². The lowest BCUT2D eigenvalue weighted by Gasteiger charge is -2.26. The number of likely N-dealkylation sites (tertiary alicyclic amines) is 1. The number of hydrogen-bond acceptors (Lipinski definition) is 5. The van der Waals surface area contributed by atoms with Crippen LogP contribution in [0.1, 0.15) is 23.6 Å². The van der Waals surface area contributed by atoms with Crippen molar-refractivity contribution in [3.8, 4) is 5.75 Å². The molecule has 0 aliphatic carbocycles. The van der Waals surface area contributed by atoms with Gasteiger partial charge in [0.2, 0.25) is 0 Å². The Kier molecular flexibility index (Phi) is 6.80. The number of rotatable bonds is 7. The summed E-state index contributed by atoms with van der Waals surface area (Å²) in [5, 5.41) is 11.5. The van der Waals surface area contributed by atoms with E-state index >= 15 is 0 Å². The Morgan fingerprint density at radius 2 is 1.73 bits per heavy atom. The molecule has 0 spiro atoms. The van der Waals surface area contributed by atoms with E-state index in [-0.39, 0.29) is 11.3 Å². The minimum absolute atomic E-state index is 0.0809. The van der Waals surface area contributed by atoms with Gasteiger partial charge in [-0.3, -0.25) is 9.59 Å². The van der Waals surface area contributed by atoms with Gasteiger partial charge in [-0.25, -0.2) is 0 Å². The lowest BCUT2D eigenvalue weighted by atomic mass is 9.95. The number of benzene rings is 2. The maximum absolute atomic E-state index is 12.9. The predicted octanol–water partition coefficient (Wildman–Crippen LogP) is 3.72. The molecule has 2 aromatic rings. The van der Waals surface area contributed by atoms with Gasteiger partial charge >= 0.3 is 0 Å². The number of ether oxygens (including phenoxy) is 1. The number of carbonyl (C=O) groups is 2. The van der Waals surface area contributed by atoms with Crippen LogP contribution in [0.3, 0.4) is 0 Å². The standard InChI is InChI=1S/C23H25ClN2O4/c1-25(2)13-4-14-26-20(15-7-11-18(30-3)12-8-15)19(22(28)23(26)29)21(27)16-5-9-17(24)10-6-16/h5-12,20,27H,4,13-14H2,1-3H3/b21-19+. The van der Waals surface area contributed by atoms with Gasteiger partial charge in [0.15, 0.2) is 0 Å². The first kappa shape index (κ1) is 21.9. The van der Waals surface area contributed by atoms with E-state index in [2.05, 4.69) is 0 Å². The molecule has 158 valence electrons. The Bertz CT molecular complexity index is 952. The number of hydrogen-bond donors (Lipinski definition) is 1. The molecule has 1 saturated heterocycles. The Balaban J connectivity index is 2.07. The summed E-state index contributed by atoms with van der Waals surface area (Å²) in [6.45, 7) is 1.17. The summed E-state index contributed by atoms with van der Waals surface area (Å²) < 4.78 is 5.22. The van der Waals surface area contributed by atoms with Gasteiger partial charge in [-0.15, -0.1) is 0 Å². The van der Waals surface area contributed by atoms with Crippen LogP contribution in [-0.2, 0) is 9.59 Å². The van der Waals surface area contributed by atoms with Crippen molar-refractivity contribution >= 4 is 29.1 Å². The Hall–Kier alpha value is -2.83. The SMILES string of the molecule is COc1ccc(C2/C(=C(\O)c3ccc(Cl)cc3)C(=O)C(=O)N2CCCN(C)C)cc1. The number of Topliss-reactive ketones (excluding diaryl/α,β-unsaturated/α-hetero) is 1. The summed E-state index contributed by atoms with van der Waals surface area (Å²) in [5.74, 6) is -0.833. The largest absolute Gasteiger partial charge is 0.507 e. The van der Waals surface area contributed by atoms with Crippen LogP contribution >= 0.6 is 11.6 Å². The summed E-state index contributed by atoms with van der Waals surface area (Å²) in [6, 6.07) is 13.0. The molecule has 2 aromatic carbocycles. The Morgan fingerprint density at radius 1 is 1.10 bits per heavy atom. The first-order valence-corrected chi connectivity index (χ1v) is 10.0. The number of amides is 1. The van der Waals surface area contributed by atoms with Crippen LogP contribution < -0.4 is 4.74 Å². The summed E-state index contributed by atoms with van der Waals surface area (Å²) in [5.41, 5.74) is 1.25. The molecular formula is C23H25ClN2O4. The van der Waals surface area contributed by atoms with Crippen LogP contribution in [0.5, 0.6) is 5.75 Å². The van der Waals surface area contributed by atoms with Gasteiger partial charge in [0.1, 0.15) is 11.5 Å². The van der Waals surface area contributed by atoms with Crippen molar-refractivity contribution in [3.63, 3.8) is 0 Å². The average molecular weight is 429 g/mol. The minimum Gasteiger partial charge on any atom is -0.507 e. The Labute approximate surface area is 181 Å². The molecule has 1 atom stereocenters. The van der Waals surface area contributed by atoms with E-state index in [9.17, 15) is 14.7 Å². The van der Waals surface area contributed by atoms with Crippen LogP contribution in [0.25, 0.3) is 5.76 Å². The molecule has 1 amide bonds. The van der Waals surface area contributed by atoms with E-state index < -0.39 is 17.7 Å². The molecule has 0 saturated carbocycles. The second-order valence-electron chi connectivity index (χ2n) is 7.43. The highest BCUT2D eigenvalue weighted by Gasteiger charge is 2.45. The highest BCUT2D eigenvalue weighted by atomic mass is 35.5. The number of methoxy groups -OCH3 is 1. The van der Waals surface area contributed by atoms with Crippen LogP contribution in [-0.4, -0.2) is 60.9 Å². The molecule has 1 aliphatic heterocycles.